The van der Waals surface area contributed by atoms with Gasteiger partial charge in [-0.05, 0) is 37.1 Å². The summed E-state index contributed by atoms with van der Waals surface area (Å²) in [5, 5.41) is 17.8. The lowest BCUT2D eigenvalue weighted by atomic mass is 10.1. The molecule has 178 valence electrons. The molecule has 9 nitrogen and oxygen atoms in total. The predicted octanol–water partition coefficient (Wildman–Crippen LogP) is 3.59. The number of fused-ring (bicyclic) bond motifs is 1. The number of morpholine rings is 1. The van der Waals surface area contributed by atoms with Gasteiger partial charge in [-0.3, -0.25) is 9.88 Å². The number of aromatic nitrogens is 5. The highest BCUT2D eigenvalue weighted by Gasteiger charge is 2.16. The quantitative estimate of drug-likeness (QED) is 0.375. The molecule has 0 unspecified atom stereocenters. The highest BCUT2D eigenvalue weighted by Crippen LogP contribution is 2.23. The summed E-state index contributed by atoms with van der Waals surface area (Å²) in [7, 11) is 0. The van der Waals surface area contributed by atoms with E-state index in [1.165, 1.54) is 0 Å². The molecule has 4 aromatic rings. The van der Waals surface area contributed by atoms with E-state index in [1.54, 1.807) is 16.8 Å². The zero-order valence-corrected chi connectivity index (χ0v) is 19.9. The second-order valence-corrected chi connectivity index (χ2v) is 8.78. The van der Waals surface area contributed by atoms with Gasteiger partial charge >= 0.3 is 0 Å². The summed E-state index contributed by atoms with van der Waals surface area (Å²) in [6.07, 6.45) is 3.25. The number of ether oxygens (including phenoxy) is 1. The highest BCUT2D eigenvalue weighted by atomic mass is 35.5. The second kappa shape index (κ2) is 10.8. The first-order valence-electron chi connectivity index (χ1n) is 11.6. The molecule has 0 atom stereocenters. The molecule has 10 heteroatoms. The van der Waals surface area contributed by atoms with Gasteiger partial charge in [0.15, 0.2) is 11.5 Å². The van der Waals surface area contributed by atoms with Crippen LogP contribution in [0.15, 0.2) is 48.7 Å². The first-order chi connectivity index (χ1) is 17.2. The van der Waals surface area contributed by atoms with Crippen LogP contribution in [0.5, 0.6) is 0 Å². The van der Waals surface area contributed by atoms with Gasteiger partial charge in [-0.15, -0.1) is 5.10 Å². The van der Waals surface area contributed by atoms with Crippen molar-refractivity contribution in [2.24, 2.45) is 0 Å². The average Bonchev–Trinajstić information content (AvgIpc) is 3.30. The number of hydrogen-bond acceptors (Lipinski definition) is 8. The molecule has 5 rings (SSSR count). The summed E-state index contributed by atoms with van der Waals surface area (Å²) < 4.78 is 7.22. The normalized spacial score (nSPS) is 14.2. The smallest absolute Gasteiger partial charge is 0.226 e. The molecule has 1 aliphatic rings. The monoisotopic (exact) mass is 488 g/mol. The predicted molar refractivity (Wildman–Crippen MR) is 133 cm³/mol. The Morgan fingerprint density at radius 3 is 2.66 bits per heavy atom. The van der Waals surface area contributed by atoms with Crippen LogP contribution in [-0.4, -0.2) is 62.3 Å². The molecule has 3 aromatic heterocycles. The molecular weight excluding hydrogens is 464 g/mol. The molecule has 1 fully saturated rings. The topological polar surface area (TPSA) is 104 Å². The van der Waals surface area contributed by atoms with Crippen LogP contribution in [0.3, 0.4) is 0 Å². The maximum Gasteiger partial charge on any atom is 0.226 e. The Balaban J connectivity index is 1.35. The number of hydrogen-bond donors (Lipinski definition) is 1. The van der Waals surface area contributed by atoms with E-state index in [1.807, 2.05) is 36.4 Å². The number of halogens is 1. The van der Waals surface area contributed by atoms with Crippen molar-refractivity contribution in [3.8, 4) is 17.3 Å². The summed E-state index contributed by atoms with van der Waals surface area (Å²) in [6, 6.07) is 15.3. The van der Waals surface area contributed by atoms with Gasteiger partial charge in [-0.1, -0.05) is 23.7 Å². The minimum atomic E-state index is 0.566. The van der Waals surface area contributed by atoms with Gasteiger partial charge in [0.2, 0.25) is 5.95 Å². The fraction of sp³-hybridized carbons (Fsp3) is 0.320. The van der Waals surface area contributed by atoms with Gasteiger partial charge in [0.25, 0.3) is 0 Å². The van der Waals surface area contributed by atoms with E-state index in [0.717, 1.165) is 67.6 Å². The maximum absolute atomic E-state index is 8.93. The van der Waals surface area contributed by atoms with Gasteiger partial charge in [0.1, 0.15) is 6.07 Å². The Bertz CT molecular complexity index is 1320. The number of benzene rings is 1. The minimum absolute atomic E-state index is 0.566. The van der Waals surface area contributed by atoms with Crippen molar-refractivity contribution in [3.63, 3.8) is 0 Å². The van der Waals surface area contributed by atoms with Crippen LogP contribution in [0.1, 0.15) is 23.5 Å². The van der Waals surface area contributed by atoms with Crippen LogP contribution in [0.4, 0.5) is 5.95 Å². The van der Waals surface area contributed by atoms with E-state index in [2.05, 4.69) is 21.3 Å². The number of nitrogens with zero attached hydrogens (tertiary/aromatic N) is 7. The van der Waals surface area contributed by atoms with E-state index in [0.29, 0.717) is 29.6 Å². The van der Waals surface area contributed by atoms with E-state index in [-0.39, 0.29) is 0 Å². The van der Waals surface area contributed by atoms with Crippen LogP contribution in [0.2, 0.25) is 5.02 Å². The molecule has 1 aromatic carbocycles. The van der Waals surface area contributed by atoms with Gasteiger partial charge in [-0.2, -0.15) is 9.78 Å². The Labute approximate surface area is 208 Å². The summed E-state index contributed by atoms with van der Waals surface area (Å²) in [4.78, 5) is 16.3. The zero-order chi connectivity index (χ0) is 24.0. The zero-order valence-electron chi connectivity index (χ0n) is 19.2. The molecule has 0 aliphatic carbocycles. The molecule has 0 amide bonds. The van der Waals surface area contributed by atoms with Crippen molar-refractivity contribution in [2.45, 2.75) is 19.4 Å². The van der Waals surface area contributed by atoms with E-state index < -0.39 is 0 Å². The van der Waals surface area contributed by atoms with Crippen LogP contribution >= 0.6 is 11.6 Å². The van der Waals surface area contributed by atoms with Crippen LogP contribution in [-0.2, 0) is 17.7 Å². The number of pyridine rings is 1. The maximum atomic E-state index is 8.93. The van der Waals surface area contributed by atoms with Gasteiger partial charge in [0.05, 0.1) is 31.0 Å². The number of nitriles is 1. The molecule has 1 N–H and O–H groups in total. The van der Waals surface area contributed by atoms with Crippen molar-refractivity contribution in [2.75, 3.05) is 38.2 Å². The van der Waals surface area contributed by atoms with E-state index >= 15 is 0 Å². The first-order valence-corrected chi connectivity index (χ1v) is 12.0. The van der Waals surface area contributed by atoms with E-state index in [4.69, 9.17) is 36.7 Å². The Morgan fingerprint density at radius 1 is 1.09 bits per heavy atom. The Morgan fingerprint density at radius 2 is 1.91 bits per heavy atom. The fourth-order valence-corrected chi connectivity index (χ4v) is 4.08. The molecule has 0 bridgehead atoms. The largest absolute Gasteiger partial charge is 0.379 e. The first kappa shape index (κ1) is 23.2. The lowest BCUT2D eigenvalue weighted by Gasteiger charge is -2.25. The van der Waals surface area contributed by atoms with Crippen LogP contribution < -0.4 is 5.32 Å². The molecule has 35 heavy (non-hydrogen) atoms. The van der Waals surface area contributed by atoms with E-state index in [9.17, 15) is 0 Å². The Kier molecular flexibility index (Phi) is 7.14. The van der Waals surface area contributed by atoms with Crippen molar-refractivity contribution < 1.29 is 4.74 Å². The highest BCUT2D eigenvalue weighted by molar-refractivity contribution is 6.30. The minimum Gasteiger partial charge on any atom is -0.379 e. The summed E-state index contributed by atoms with van der Waals surface area (Å²) in [5.41, 5.74) is 4.02. The van der Waals surface area contributed by atoms with Gasteiger partial charge < -0.3 is 10.1 Å². The lowest BCUT2D eigenvalue weighted by molar-refractivity contribution is 0.0331. The SMILES string of the molecule is N#Cc1ccc(CCCNc2nc(-c3ccc(Cl)cc3)cc3nc(CN4CCOCC4)nn23)nc1. The number of aryl methyl sites for hydroxylation is 1. The third-order valence-electron chi connectivity index (χ3n) is 5.82. The van der Waals surface area contributed by atoms with Crippen molar-refractivity contribution in [3.05, 3.63) is 70.8 Å². The molecule has 4 heterocycles. The Hall–Kier alpha value is -3.58. The third-order valence-corrected chi connectivity index (χ3v) is 6.08. The molecular formula is C25H25ClN8O. The number of rotatable bonds is 8. The lowest BCUT2D eigenvalue weighted by Crippen LogP contribution is -2.35. The standard InChI is InChI=1S/C25H25ClN8O/c26-20-6-4-19(5-7-20)22-14-24-31-23(17-33-10-12-35-13-11-33)32-34(24)25(30-22)28-9-1-2-21-8-3-18(15-27)16-29-21/h3-8,14,16H,1-2,9-13,17H2,(H,28,30). The molecule has 1 saturated heterocycles. The second-order valence-electron chi connectivity index (χ2n) is 8.34. The molecule has 0 saturated carbocycles. The number of anilines is 1. The average molecular weight is 489 g/mol. The summed E-state index contributed by atoms with van der Waals surface area (Å²) in [6.45, 7) is 4.57. The van der Waals surface area contributed by atoms with Gasteiger partial charge in [0, 0.05) is 48.2 Å². The molecule has 0 radical (unpaired) electrons. The van der Waals surface area contributed by atoms with Crippen LogP contribution in [0, 0.1) is 11.3 Å². The summed E-state index contributed by atoms with van der Waals surface area (Å²) in [5.74, 6) is 1.40. The van der Waals surface area contributed by atoms with Crippen molar-refractivity contribution >= 4 is 23.2 Å². The molecule has 1 aliphatic heterocycles. The fourth-order valence-electron chi connectivity index (χ4n) is 3.95. The third kappa shape index (κ3) is 5.74. The van der Waals surface area contributed by atoms with Crippen molar-refractivity contribution in [1.29, 1.82) is 5.26 Å². The van der Waals surface area contributed by atoms with Crippen molar-refractivity contribution in [1.82, 2.24) is 29.5 Å². The summed E-state index contributed by atoms with van der Waals surface area (Å²) >= 11 is 6.08. The number of nitrogens with one attached hydrogen (secondary N) is 1. The molecule has 0 spiro atoms. The van der Waals surface area contributed by atoms with Gasteiger partial charge in [-0.25, -0.2) is 9.97 Å². The van der Waals surface area contributed by atoms with Crippen LogP contribution in [0.25, 0.3) is 16.9 Å².